The number of hydrogen-bond donors (Lipinski definition) is 1. The molecule has 168 valence electrons. The van der Waals surface area contributed by atoms with Gasteiger partial charge in [-0.25, -0.2) is 0 Å². The topological polar surface area (TPSA) is 91.2 Å². The number of amides is 1. The summed E-state index contributed by atoms with van der Waals surface area (Å²) in [5.41, 5.74) is 2.39. The molecule has 1 N–H and O–H groups in total. The van der Waals surface area contributed by atoms with Gasteiger partial charge in [0.2, 0.25) is 5.91 Å². The summed E-state index contributed by atoms with van der Waals surface area (Å²) in [6.45, 7) is 2.54. The minimum atomic E-state index is -0.144. The molecule has 0 bridgehead atoms. The van der Waals surface area contributed by atoms with Crippen molar-refractivity contribution in [3.63, 3.8) is 0 Å². The summed E-state index contributed by atoms with van der Waals surface area (Å²) in [6, 6.07) is 18.6. The van der Waals surface area contributed by atoms with Crippen molar-refractivity contribution in [2.24, 2.45) is 0 Å². The number of hydrogen-bond acceptors (Lipinski definition) is 7. The number of thioether (sulfide) groups is 1. The Bertz CT molecular complexity index is 1200. The Morgan fingerprint density at radius 1 is 1.03 bits per heavy atom. The molecule has 0 aliphatic rings. The number of rotatable bonds is 9. The van der Waals surface area contributed by atoms with E-state index in [1.165, 1.54) is 11.8 Å². The van der Waals surface area contributed by atoms with Gasteiger partial charge in [0, 0.05) is 29.3 Å². The van der Waals surface area contributed by atoms with Gasteiger partial charge in [0.15, 0.2) is 11.0 Å². The van der Waals surface area contributed by atoms with E-state index in [0.29, 0.717) is 23.3 Å². The van der Waals surface area contributed by atoms with Crippen LogP contribution in [0, 0.1) is 0 Å². The first-order chi connectivity index (χ1) is 16.2. The van der Waals surface area contributed by atoms with Crippen LogP contribution in [0.15, 0.2) is 78.2 Å². The average molecular weight is 462 g/mol. The van der Waals surface area contributed by atoms with Crippen molar-refractivity contribution >= 4 is 23.4 Å². The number of aromatic nitrogens is 4. The predicted molar refractivity (Wildman–Crippen MR) is 128 cm³/mol. The fourth-order valence-corrected chi connectivity index (χ4v) is 3.89. The highest BCUT2D eigenvalue weighted by atomic mass is 32.2. The summed E-state index contributed by atoms with van der Waals surface area (Å²) >= 11 is 1.31. The van der Waals surface area contributed by atoms with Crippen molar-refractivity contribution in [2.75, 3.05) is 24.8 Å². The Labute approximate surface area is 196 Å². The first-order valence-electron chi connectivity index (χ1n) is 10.3. The fourth-order valence-electron chi connectivity index (χ4n) is 3.14. The molecule has 0 aliphatic carbocycles. The van der Waals surface area contributed by atoms with Crippen LogP contribution in [0.2, 0.25) is 0 Å². The van der Waals surface area contributed by atoms with Gasteiger partial charge in [0.25, 0.3) is 0 Å². The van der Waals surface area contributed by atoms with Gasteiger partial charge in [0.1, 0.15) is 11.5 Å². The van der Waals surface area contributed by atoms with Crippen LogP contribution < -0.4 is 14.8 Å². The predicted octanol–water partition coefficient (Wildman–Crippen LogP) is 4.47. The highest BCUT2D eigenvalue weighted by molar-refractivity contribution is 7.99. The van der Waals surface area contributed by atoms with Crippen LogP contribution in [0.1, 0.15) is 6.92 Å². The van der Waals surface area contributed by atoms with Crippen LogP contribution in [0.5, 0.6) is 11.5 Å². The lowest BCUT2D eigenvalue weighted by Crippen LogP contribution is -2.14. The highest BCUT2D eigenvalue weighted by Gasteiger charge is 2.17. The van der Waals surface area contributed by atoms with E-state index in [2.05, 4.69) is 20.5 Å². The third-order valence-corrected chi connectivity index (χ3v) is 5.59. The van der Waals surface area contributed by atoms with E-state index in [9.17, 15) is 4.79 Å². The summed E-state index contributed by atoms with van der Waals surface area (Å²) in [5.74, 6) is 2.19. The molecule has 8 nitrogen and oxygen atoms in total. The average Bonchev–Trinajstić information content (AvgIpc) is 3.28. The minimum Gasteiger partial charge on any atom is -0.497 e. The lowest BCUT2D eigenvalue weighted by molar-refractivity contribution is -0.113. The van der Waals surface area contributed by atoms with Gasteiger partial charge in [-0.1, -0.05) is 11.8 Å². The lowest BCUT2D eigenvalue weighted by Gasteiger charge is -2.11. The number of nitrogens with one attached hydrogen (secondary N) is 1. The standard InChI is InChI=1S/C24H23N5O3S/c1-3-32-21-12-8-19(9-13-21)29-23(17-5-4-14-25-15-17)27-28-24(29)33-16-22(30)26-18-6-10-20(31-2)11-7-18/h4-15H,3,16H2,1-2H3,(H,26,30). The molecule has 0 fully saturated rings. The quantitative estimate of drug-likeness (QED) is 0.368. The Morgan fingerprint density at radius 3 is 2.45 bits per heavy atom. The number of benzene rings is 2. The van der Waals surface area contributed by atoms with Crippen molar-refractivity contribution in [2.45, 2.75) is 12.1 Å². The zero-order valence-electron chi connectivity index (χ0n) is 18.3. The maximum atomic E-state index is 12.5. The van der Waals surface area contributed by atoms with Crippen molar-refractivity contribution in [3.05, 3.63) is 73.1 Å². The third kappa shape index (κ3) is 5.50. The Kier molecular flexibility index (Phi) is 7.21. The van der Waals surface area contributed by atoms with Crippen molar-refractivity contribution in [1.82, 2.24) is 19.7 Å². The minimum absolute atomic E-state index is 0.144. The number of pyridine rings is 1. The van der Waals surface area contributed by atoms with Crippen molar-refractivity contribution in [1.29, 1.82) is 0 Å². The molecular weight excluding hydrogens is 438 g/mol. The van der Waals surface area contributed by atoms with E-state index < -0.39 is 0 Å². The second kappa shape index (κ2) is 10.6. The van der Waals surface area contributed by atoms with Gasteiger partial charge in [0.05, 0.1) is 19.5 Å². The first kappa shape index (κ1) is 22.3. The highest BCUT2D eigenvalue weighted by Crippen LogP contribution is 2.28. The zero-order chi connectivity index (χ0) is 23.0. The normalized spacial score (nSPS) is 10.6. The summed E-state index contributed by atoms with van der Waals surface area (Å²) < 4.78 is 12.6. The third-order valence-electron chi connectivity index (χ3n) is 4.67. The van der Waals surface area contributed by atoms with E-state index in [4.69, 9.17) is 9.47 Å². The largest absolute Gasteiger partial charge is 0.497 e. The van der Waals surface area contributed by atoms with Crippen molar-refractivity contribution in [3.8, 4) is 28.6 Å². The van der Waals surface area contributed by atoms with Gasteiger partial charge in [-0.15, -0.1) is 10.2 Å². The number of nitrogens with zero attached hydrogens (tertiary/aromatic N) is 4. The zero-order valence-corrected chi connectivity index (χ0v) is 19.1. The molecule has 2 aromatic heterocycles. The number of methoxy groups -OCH3 is 1. The smallest absolute Gasteiger partial charge is 0.234 e. The van der Waals surface area contributed by atoms with Gasteiger partial charge >= 0.3 is 0 Å². The molecule has 9 heteroatoms. The molecule has 4 aromatic rings. The molecule has 0 spiro atoms. The fraction of sp³-hybridized carbons (Fsp3) is 0.167. The van der Waals surface area contributed by atoms with E-state index >= 15 is 0 Å². The van der Waals surface area contributed by atoms with Crippen LogP contribution >= 0.6 is 11.8 Å². The molecule has 0 atom stereocenters. The summed E-state index contributed by atoms with van der Waals surface area (Å²) in [5, 5.41) is 12.2. The molecule has 2 heterocycles. The van der Waals surface area contributed by atoms with Crippen LogP contribution in [0.4, 0.5) is 5.69 Å². The van der Waals surface area contributed by atoms with Gasteiger partial charge in [-0.2, -0.15) is 0 Å². The number of anilines is 1. The van der Waals surface area contributed by atoms with Gasteiger partial charge < -0.3 is 14.8 Å². The molecule has 0 unspecified atom stereocenters. The summed E-state index contributed by atoms with van der Waals surface area (Å²) in [6.07, 6.45) is 3.44. The van der Waals surface area contributed by atoms with E-state index in [1.807, 2.05) is 47.9 Å². The Morgan fingerprint density at radius 2 is 1.79 bits per heavy atom. The number of carbonyl (C=O) groups excluding carboxylic acids is 1. The molecule has 0 saturated heterocycles. The van der Waals surface area contributed by atoms with Crippen LogP contribution in [0.25, 0.3) is 17.1 Å². The second-order valence-electron chi connectivity index (χ2n) is 6.88. The maximum absolute atomic E-state index is 12.5. The molecule has 1 amide bonds. The monoisotopic (exact) mass is 461 g/mol. The molecule has 0 saturated carbocycles. The van der Waals surface area contributed by atoms with Crippen LogP contribution in [-0.4, -0.2) is 45.1 Å². The number of ether oxygens (including phenoxy) is 2. The first-order valence-corrected chi connectivity index (χ1v) is 11.3. The van der Waals surface area contributed by atoms with E-state index in [-0.39, 0.29) is 11.7 Å². The lowest BCUT2D eigenvalue weighted by atomic mass is 10.2. The molecule has 0 radical (unpaired) electrons. The van der Waals surface area contributed by atoms with Crippen LogP contribution in [0.3, 0.4) is 0 Å². The van der Waals surface area contributed by atoms with Gasteiger partial charge in [-0.05, 0) is 67.6 Å². The SMILES string of the molecule is CCOc1ccc(-n2c(SCC(=O)Nc3ccc(OC)cc3)nnc2-c2cccnc2)cc1. The molecule has 4 rings (SSSR count). The molecule has 2 aromatic carbocycles. The van der Waals surface area contributed by atoms with Crippen LogP contribution in [-0.2, 0) is 4.79 Å². The Balaban J connectivity index is 1.55. The van der Waals surface area contributed by atoms with Crippen molar-refractivity contribution < 1.29 is 14.3 Å². The number of carbonyl (C=O) groups is 1. The van der Waals surface area contributed by atoms with E-state index in [1.54, 1.807) is 43.8 Å². The van der Waals surface area contributed by atoms with E-state index in [0.717, 1.165) is 22.7 Å². The second-order valence-corrected chi connectivity index (χ2v) is 7.82. The molecule has 33 heavy (non-hydrogen) atoms. The Hall–Kier alpha value is -3.85. The van der Waals surface area contributed by atoms with Gasteiger partial charge in [-0.3, -0.25) is 14.3 Å². The molecular formula is C24H23N5O3S. The summed E-state index contributed by atoms with van der Waals surface area (Å²) in [4.78, 5) is 16.7. The summed E-state index contributed by atoms with van der Waals surface area (Å²) in [7, 11) is 1.60. The molecule has 0 aliphatic heterocycles. The maximum Gasteiger partial charge on any atom is 0.234 e.